The van der Waals surface area contributed by atoms with Gasteiger partial charge in [0.25, 0.3) is 0 Å². The molecule has 0 fully saturated rings. The Morgan fingerprint density at radius 3 is 2.79 bits per heavy atom. The molecule has 0 unspecified atom stereocenters. The fourth-order valence-corrected chi connectivity index (χ4v) is 1.39. The van der Waals surface area contributed by atoms with Gasteiger partial charge in [-0.25, -0.2) is 4.39 Å². The molecule has 0 spiro atoms. The first-order chi connectivity index (χ1) is 6.65. The van der Waals surface area contributed by atoms with E-state index in [9.17, 15) is 4.39 Å². The molecule has 14 heavy (non-hydrogen) atoms. The van der Waals surface area contributed by atoms with E-state index >= 15 is 0 Å². The van der Waals surface area contributed by atoms with Crippen molar-refractivity contribution >= 4 is 17.0 Å². The van der Waals surface area contributed by atoms with Gasteiger partial charge in [0.1, 0.15) is 17.2 Å². The Morgan fingerprint density at radius 2 is 2.07 bits per heavy atom. The van der Waals surface area contributed by atoms with Crippen LogP contribution in [0.5, 0.6) is 0 Å². The highest BCUT2D eigenvalue weighted by atomic mass is 19.1. The molecule has 0 aliphatic heterocycles. The second-order valence-electron chi connectivity index (χ2n) is 3.55. The van der Waals surface area contributed by atoms with Crippen molar-refractivity contribution in [3.05, 3.63) is 41.4 Å². The summed E-state index contributed by atoms with van der Waals surface area (Å²) in [6.07, 6.45) is 1.93. The van der Waals surface area contributed by atoms with Crippen LogP contribution >= 0.6 is 0 Å². The van der Waals surface area contributed by atoms with Gasteiger partial charge in [0.05, 0.1) is 0 Å². The minimum absolute atomic E-state index is 0.234. The van der Waals surface area contributed by atoms with Crippen LogP contribution in [0.2, 0.25) is 0 Å². The molecule has 0 atom stereocenters. The standard InChI is InChI=1S/C12H11FO/c1-8(2)5-11-7-9-6-10(13)3-4-12(9)14-11/h3-7H,1-2H3. The Labute approximate surface area is 81.8 Å². The maximum atomic E-state index is 12.9. The zero-order chi connectivity index (χ0) is 10.1. The highest BCUT2D eigenvalue weighted by Gasteiger charge is 2.02. The third kappa shape index (κ3) is 1.69. The molecule has 1 heterocycles. The van der Waals surface area contributed by atoms with Crippen molar-refractivity contribution in [1.82, 2.24) is 0 Å². The molecule has 1 nitrogen and oxygen atoms in total. The van der Waals surface area contributed by atoms with Crippen molar-refractivity contribution in [2.45, 2.75) is 13.8 Å². The number of hydrogen-bond donors (Lipinski definition) is 0. The average molecular weight is 190 g/mol. The second kappa shape index (κ2) is 3.29. The largest absolute Gasteiger partial charge is 0.457 e. The van der Waals surface area contributed by atoms with E-state index < -0.39 is 0 Å². The van der Waals surface area contributed by atoms with Crippen LogP contribution in [0.1, 0.15) is 19.6 Å². The van der Waals surface area contributed by atoms with Crippen LogP contribution in [0.25, 0.3) is 17.0 Å². The molecule has 1 aromatic heterocycles. The highest BCUT2D eigenvalue weighted by Crippen LogP contribution is 2.21. The molecule has 0 aliphatic rings. The van der Waals surface area contributed by atoms with Crippen LogP contribution in [-0.2, 0) is 0 Å². The summed E-state index contributed by atoms with van der Waals surface area (Å²) in [7, 11) is 0. The molecule has 0 bridgehead atoms. The monoisotopic (exact) mass is 190 g/mol. The van der Waals surface area contributed by atoms with Gasteiger partial charge < -0.3 is 4.42 Å². The third-order valence-corrected chi connectivity index (χ3v) is 1.93. The molecule has 2 rings (SSSR count). The van der Waals surface area contributed by atoms with Crippen LogP contribution in [0.15, 0.2) is 34.3 Å². The summed E-state index contributed by atoms with van der Waals surface area (Å²) >= 11 is 0. The van der Waals surface area contributed by atoms with Crippen LogP contribution in [0.4, 0.5) is 4.39 Å². The Balaban J connectivity index is 2.57. The van der Waals surface area contributed by atoms with E-state index in [-0.39, 0.29) is 5.82 Å². The average Bonchev–Trinajstić information content (AvgIpc) is 2.44. The van der Waals surface area contributed by atoms with Crippen molar-refractivity contribution in [2.24, 2.45) is 0 Å². The Kier molecular flexibility index (Phi) is 2.12. The summed E-state index contributed by atoms with van der Waals surface area (Å²) < 4.78 is 18.3. The van der Waals surface area contributed by atoms with Crippen LogP contribution in [-0.4, -0.2) is 0 Å². The predicted octanol–water partition coefficient (Wildman–Crippen LogP) is 4.00. The number of hydrogen-bond acceptors (Lipinski definition) is 1. The quantitative estimate of drug-likeness (QED) is 0.662. The predicted molar refractivity (Wildman–Crippen MR) is 55.5 cm³/mol. The van der Waals surface area contributed by atoms with Crippen molar-refractivity contribution in [3.63, 3.8) is 0 Å². The summed E-state index contributed by atoms with van der Waals surface area (Å²) in [6, 6.07) is 6.36. The summed E-state index contributed by atoms with van der Waals surface area (Å²) in [6.45, 7) is 3.99. The number of rotatable bonds is 1. The third-order valence-electron chi connectivity index (χ3n) is 1.93. The van der Waals surface area contributed by atoms with Gasteiger partial charge in [-0.3, -0.25) is 0 Å². The summed E-state index contributed by atoms with van der Waals surface area (Å²) in [5.41, 5.74) is 1.88. The minimum atomic E-state index is -0.234. The Morgan fingerprint density at radius 1 is 1.29 bits per heavy atom. The molecular formula is C12H11FO. The van der Waals surface area contributed by atoms with Gasteiger partial charge in [0.15, 0.2) is 0 Å². The maximum Gasteiger partial charge on any atom is 0.134 e. The van der Waals surface area contributed by atoms with E-state index in [4.69, 9.17) is 4.42 Å². The lowest BCUT2D eigenvalue weighted by Gasteiger charge is -1.87. The Hall–Kier alpha value is -1.57. The van der Waals surface area contributed by atoms with Crippen LogP contribution < -0.4 is 0 Å². The normalized spacial score (nSPS) is 10.5. The van der Waals surface area contributed by atoms with E-state index in [0.29, 0.717) is 0 Å². The van der Waals surface area contributed by atoms with Crippen molar-refractivity contribution in [1.29, 1.82) is 0 Å². The smallest absolute Gasteiger partial charge is 0.134 e. The lowest BCUT2D eigenvalue weighted by Crippen LogP contribution is -1.68. The zero-order valence-electron chi connectivity index (χ0n) is 8.17. The van der Waals surface area contributed by atoms with Gasteiger partial charge in [-0.1, -0.05) is 5.57 Å². The Bertz CT molecular complexity index is 490. The molecule has 0 amide bonds. The molecule has 0 aliphatic carbocycles. The van der Waals surface area contributed by atoms with Crippen molar-refractivity contribution in [3.8, 4) is 0 Å². The maximum absolute atomic E-state index is 12.9. The van der Waals surface area contributed by atoms with Crippen LogP contribution in [0, 0.1) is 5.82 Å². The van der Waals surface area contributed by atoms with Crippen molar-refractivity contribution < 1.29 is 8.81 Å². The van der Waals surface area contributed by atoms with Gasteiger partial charge in [-0.05, 0) is 44.2 Å². The SMILES string of the molecule is CC(C)=Cc1cc2cc(F)ccc2o1. The molecule has 2 heteroatoms. The minimum Gasteiger partial charge on any atom is -0.457 e. The van der Waals surface area contributed by atoms with Gasteiger partial charge in [-0.2, -0.15) is 0 Å². The molecule has 0 saturated heterocycles. The van der Waals surface area contributed by atoms with Gasteiger partial charge >= 0.3 is 0 Å². The van der Waals surface area contributed by atoms with Crippen LogP contribution in [0.3, 0.4) is 0 Å². The van der Waals surface area contributed by atoms with Gasteiger partial charge in [0, 0.05) is 5.39 Å². The van der Waals surface area contributed by atoms with E-state index in [1.54, 1.807) is 6.07 Å². The van der Waals surface area contributed by atoms with E-state index in [1.807, 2.05) is 26.0 Å². The number of fused-ring (bicyclic) bond motifs is 1. The lowest BCUT2D eigenvalue weighted by atomic mass is 10.2. The highest BCUT2D eigenvalue weighted by molar-refractivity contribution is 5.80. The van der Waals surface area contributed by atoms with E-state index in [1.165, 1.54) is 12.1 Å². The molecule has 0 saturated carbocycles. The van der Waals surface area contributed by atoms with E-state index in [0.717, 1.165) is 22.3 Å². The van der Waals surface area contributed by atoms with Gasteiger partial charge in [-0.15, -0.1) is 0 Å². The van der Waals surface area contributed by atoms with Crippen molar-refractivity contribution in [2.75, 3.05) is 0 Å². The first-order valence-corrected chi connectivity index (χ1v) is 4.49. The number of furan rings is 1. The second-order valence-corrected chi connectivity index (χ2v) is 3.55. The summed E-state index contributed by atoms with van der Waals surface area (Å²) in [4.78, 5) is 0. The summed E-state index contributed by atoms with van der Waals surface area (Å²) in [5.74, 6) is 0.535. The molecule has 72 valence electrons. The zero-order valence-corrected chi connectivity index (χ0v) is 8.17. The van der Waals surface area contributed by atoms with E-state index in [2.05, 4.69) is 0 Å². The first kappa shape index (κ1) is 9.00. The summed E-state index contributed by atoms with van der Waals surface area (Å²) in [5, 5.41) is 0.803. The fourth-order valence-electron chi connectivity index (χ4n) is 1.39. The number of halogens is 1. The number of allylic oxidation sites excluding steroid dienone is 1. The molecule has 0 radical (unpaired) electrons. The molecule has 2 aromatic rings. The lowest BCUT2D eigenvalue weighted by molar-refractivity contribution is 0.600. The molecule has 1 aromatic carbocycles. The first-order valence-electron chi connectivity index (χ1n) is 4.49. The van der Waals surface area contributed by atoms with Gasteiger partial charge in [0.2, 0.25) is 0 Å². The fraction of sp³-hybridized carbons (Fsp3) is 0.167. The molecule has 0 N–H and O–H groups in total. The molecular weight excluding hydrogens is 179 g/mol. The topological polar surface area (TPSA) is 13.1 Å². The number of benzene rings is 1.